The molecule has 0 aliphatic heterocycles. The summed E-state index contributed by atoms with van der Waals surface area (Å²) in [6.45, 7) is 2.20. The molecule has 0 aromatic rings. The van der Waals surface area contributed by atoms with Gasteiger partial charge in [0.1, 0.15) is 0 Å². The first-order chi connectivity index (χ1) is 11.2. The molecule has 136 valence electrons. The maximum absolute atomic E-state index is 10.4. The van der Waals surface area contributed by atoms with Gasteiger partial charge in [-0.3, -0.25) is 4.79 Å². The fourth-order valence-electron chi connectivity index (χ4n) is 2.70. The molecule has 1 atom stereocenters. The van der Waals surface area contributed by atoms with Gasteiger partial charge < -0.3 is 10.2 Å². The lowest BCUT2D eigenvalue weighted by Gasteiger charge is -2.07. The fraction of sp³-hybridized carbons (Fsp3) is 0.850. The van der Waals surface area contributed by atoms with E-state index in [1.807, 2.05) is 0 Å². The van der Waals surface area contributed by atoms with Gasteiger partial charge in [-0.1, -0.05) is 83.3 Å². The Morgan fingerprint density at radius 2 is 1.43 bits per heavy atom. The van der Waals surface area contributed by atoms with E-state index in [2.05, 4.69) is 19.1 Å². The average Bonchev–Trinajstić information content (AvgIpc) is 2.52. The first-order valence-electron chi connectivity index (χ1n) is 9.71. The second kappa shape index (κ2) is 17.5. The lowest BCUT2D eigenvalue weighted by atomic mass is 10.0. The lowest BCUT2D eigenvalue weighted by molar-refractivity contribution is -0.137. The smallest absolute Gasteiger partial charge is 0.303 e. The van der Waals surface area contributed by atoms with Crippen molar-refractivity contribution < 1.29 is 15.0 Å². The Labute approximate surface area is 143 Å². The van der Waals surface area contributed by atoms with Gasteiger partial charge in [-0.2, -0.15) is 0 Å². The lowest BCUT2D eigenvalue weighted by Crippen LogP contribution is -2.04. The highest BCUT2D eigenvalue weighted by Gasteiger charge is 2.01. The Balaban J connectivity index is 3.20. The van der Waals surface area contributed by atoms with E-state index >= 15 is 0 Å². The molecule has 0 bridgehead atoms. The first-order valence-corrected chi connectivity index (χ1v) is 9.71. The van der Waals surface area contributed by atoms with E-state index in [1.165, 1.54) is 44.9 Å². The van der Waals surface area contributed by atoms with Crippen LogP contribution in [0.25, 0.3) is 0 Å². The van der Waals surface area contributed by atoms with Crippen molar-refractivity contribution >= 4 is 5.97 Å². The molecular weight excluding hydrogens is 288 g/mol. The summed E-state index contributed by atoms with van der Waals surface area (Å²) >= 11 is 0. The number of aliphatic carboxylic acids is 1. The Kier molecular flexibility index (Phi) is 16.9. The number of rotatable bonds is 17. The molecule has 0 aromatic carbocycles. The van der Waals surface area contributed by atoms with E-state index < -0.39 is 5.97 Å². The van der Waals surface area contributed by atoms with Crippen molar-refractivity contribution in [2.75, 3.05) is 0 Å². The number of aliphatic hydroxyl groups excluding tert-OH is 1. The van der Waals surface area contributed by atoms with Crippen LogP contribution >= 0.6 is 0 Å². The van der Waals surface area contributed by atoms with Crippen molar-refractivity contribution in [1.29, 1.82) is 0 Å². The zero-order valence-electron chi connectivity index (χ0n) is 15.1. The minimum absolute atomic E-state index is 0.165. The molecule has 0 aromatic heterocycles. The topological polar surface area (TPSA) is 57.5 Å². The third-order valence-corrected chi connectivity index (χ3v) is 4.23. The maximum atomic E-state index is 10.4. The molecule has 23 heavy (non-hydrogen) atoms. The van der Waals surface area contributed by atoms with Crippen LogP contribution < -0.4 is 0 Å². The van der Waals surface area contributed by atoms with Crippen molar-refractivity contribution in [1.82, 2.24) is 0 Å². The van der Waals surface area contributed by atoms with E-state index in [0.29, 0.717) is 6.42 Å². The van der Waals surface area contributed by atoms with Crippen LogP contribution in [0.5, 0.6) is 0 Å². The summed E-state index contributed by atoms with van der Waals surface area (Å²) in [6.07, 6.45) is 20.2. The van der Waals surface area contributed by atoms with Crippen LogP contribution in [0.4, 0.5) is 0 Å². The summed E-state index contributed by atoms with van der Waals surface area (Å²) < 4.78 is 0. The van der Waals surface area contributed by atoms with Gasteiger partial charge in [0, 0.05) is 6.42 Å². The maximum Gasteiger partial charge on any atom is 0.303 e. The van der Waals surface area contributed by atoms with Gasteiger partial charge in [0.15, 0.2) is 0 Å². The first kappa shape index (κ1) is 22.2. The van der Waals surface area contributed by atoms with Gasteiger partial charge in [0.25, 0.3) is 0 Å². The number of carboxylic acid groups (broad SMARTS) is 1. The second-order valence-electron chi connectivity index (χ2n) is 6.62. The Hall–Kier alpha value is -0.830. The number of hydrogen-bond donors (Lipinski definition) is 2. The molecule has 0 saturated heterocycles. The van der Waals surface area contributed by atoms with Crippen LogP contribution in [-0.2, 0) is 4.79 Å². The zero-order chi connectivity index (χ0) is 17.2. The fourth-order valence-corrected chi connectivity index (χ4v) is 2.70. The Morgan fingerprint density at radius 1 is 0.870 bits per heavy atom. The molecule has 2 N–H and O–H groups in total. The summed E-state index contributed by atoms with van der Waals surface area (Å²) in [5, 5.41) is 18.4. The highest BCUT2D eigenvalue weighted by atomic mass is 16.4. The van der Waals surface area contributed by atoms with Gasteiger partial charge in [-0.25, -0.2) is 0 Å². The minimum atomic E-state index is -0.677. The van der Waals surface area contributed by atoms with E-state index in [-0.39, 0.29) is 6.10 Å². The molecule has 1 unspecified atom stereocenters. The van der Waals surface area contributed by atoms with Crippen molar-refractivity contribution in [2.24, 2.45) is 0 Å². The van der Waals surface area contributed by atoms with E-state index in [4.69, 9.17) is 5.11 Å². The number of carbonyl (C=O) groups is 1. The summed E-state index contributed by atoms with van der Waals surface area (Å²) in [4.78, 5) is 10.4. The molecule has 0 heterocycles. The van der Waals surface area contributed by atoms with Crippen LogP contribution in [0.15, 0.2) is 12.2 Å². The Bertz CT molecular complexity index is 287. The molecule has 0 aliphatic rings. The molecule has 0 amide bonds. The largest absolute Gasteiger partial charge is 0.481 e. The van der Waals surface area contributed by atoms with E-state index in [9.17, 15) is 9.90 Å². The van der Waals surface area contributed by atoms with Crippen LogP contribution in [0, 0.1) is 0 Å². The van der Waals surface area contributed by atoms with Crippen molar-refractivity contribution in [2.45, 2.75) is 109 Å². The SMILES string of the molecule is CCCCC=CCC(O)CCCCCCCCCCCC(=O)O. The van der Waals surface area contributed by atoms with Gasteiger partial charge in [-0.15, -0.1) is 0 Å². The molecule has 0 fully saturated rings. The molecule has 0 rings (SSSR count). The predicted molar refractivity (Wildman–Crippen MR) is 97.7 cm³/mol. The second-order valence-corrected chi connectivity index (χ2v) is 6.62. The number of aliphatic hydroxyl groups is 1. The number of unbranched alkanes of at least 4 members (excludes halogenated alkanes) is 10. The quantitative estimate of drug-likeness (QED) is 0.260. The third kappa shape index (κ3) is 19.1. The van der Waals surface area contributed by atoms with Crippen LogP contribution in [0.3, 0.4) is 0 Å². The van der Waals surface area contributed by atoms with Crippen LogP contribution in [0.2, 0.25) is 0 Å². The minimum Gasteiger partial charge on any atom is -0.481 e. The number of hydrogen-bond acceptors (Lipinski definition) is 2. The van der Waals surface area contributed by atoms with Gasteiger partial charge in [0.2, 0.25) is 0 Å². The van der Waals surface area contributed by atoms with Crippen molar-refractivity contribution in [3.63, 3.8) is 0 Å². The monoisotopic (exact) mass is 326 g/mol. The molecule has 3 nitrogen and oxygen atoms in total. The summed E-state index contributed by atoms with van der Waals surface area (Å²) in [6, 6.07) is 0. The normalized spacial score (nSPS) is 12.8. The number of carboxylic acids is 1. The predicted octanol–water partition coefficient (Wildman–Crippen LogP) is 5.86. The summed E-state index contributed by atoms with van der Waals surface area (Å²) in [5.41, 5.74) is 0. The third-order valence-electron chi connectivity index (χ3n) is 4.23. The van der Waals surface area contributed by atoms with Gasteiger partial charge in [-0.05, 0) is 25.7 Å². The average molecular weight is 327 g/mol. The molecule has 0 spiro atoms. The molecule has 0 radical (unpaired) electrons. The summed E-state index contributed by atoms with van der Waals surface area (Å²) in [7, 11) is 0. The summed E-state index contributed by atoms with van der Waals surface area (Å²) in [5.74, 6) is -0.677. The van der Waals surface area contributed by atoms with Crippen molar-refractivity contribution in [3.8, 4) is 0 Å². The van der Waals surface area contributed by atoms with Crippen LogP contribution in [0.1, 0.15) is 103 Å². The molecule has 0 aliphatic carbocycles. The van der Waals surface area contributed by atoms with Gasteiger partial charge >= 0.3 is 5.97 Å². The highest BCUT2D eigenvalue weighted by Crippen LogP contribution is 2.13. The van der Waals surface area contributed by atoms with Crippen molar-refractivity contribution in [3.05, 3.63) is 12.2 Å². The highest BCUT2D eigenvalue weighted by molar-refractivity contribution is 5.66. The van der Waals surface area contributed by atoms with Crippen LogP contribution in [-0.4, -0.2) is 22.3 Å². The van der Waals surface area contributed by atoms with E-state index in [1.54, 1.807) is 0 Å². The van der Waals surface area contributed by atoms with Gasteiger partial charge in [0.05, 0.1) is 6.10 Å². The molecular formula is C20H38O3. The number of allylic oxidation sites excluding steroid dienone is 1. The standard InChI is InChI=1S/C20H38O3/c1-2-3-4-10-13-16-19(21)17-14-11-8-6-5-7-9-12-15-18-20(22)23/h10,13,19,21H,2-9,11-12,14-18H2,1H3,(H,22,23). The van der Waals surface area contributed by atoms with E-state index in [0.717, 1.165) is 44.9 Å². The Morgan fingerprint density at radius 3 is 2.00 bits per heavy atom. The molecule has 0 saturated carbocycles. The zero-order valence-corrected chi connectivity index (χ0v) is 15.1. The molecule has 3 heteroatoms.